The van der Waals surface area contributed by atoms with Gasteiger partial charge in [0.15, 0.2) is 0 Å². The molecule has 2 saturated heterocycles. The summed E-state index contributed by atoms with van der Waals surface area (Å²) in [5.41, 5.74) is -0.334. The second kappa shape index (κ2) is 4.07. The van der Waals surface area contributed by atoms with E-state index in [2.05, 4.69) is 22.4 Å². The van der Waals surface area contributed by atoms with Gasteiger partial charge < -0.3 is 14.6 Å². The molecule has 1 aromatic heterocycles. The van der Waals surface area contributed by atoms with Crippen LogP contribution in [0.1, 0.15) is 44.3 Å². The first-order chi connectivity index (χ1) is 8.19. The maximum Gasteiger partial charge on any atom is 0.229 e. The van der Waals surface area contributed by atoms with Crippen molar-refractivity contribution in [2.45, 2.75) is 38.2 Å². The van der Waals surface area contributed by atoms with Gasteiger partial charge in [-0.1, -0.05) is 12.1 Å². The van der Waals surface area contributed by atoms with E-state index in [-0.39, 0.29) is 5.60 Å². The van der Waals surface area contributed by atoms with Crippen molar-refractivity contribution in [3.8, 4) is 0 Å². The number of hydrogen-bond acceptors (Lipinski definition) is 5. The number of nitrogens with zero attached hydrogens (tertiary/aromatic N) is 2. The van der Waals surface area contributed by atoms with Crippen LogP contribution in [-0.4, -0.2) is 29.8 Å². The van der Waals surface area contributed by atoms with E-state index in [1.807, 2.05) is 6.92 Å². The molecule has 2 atom stereocenters. The molecular weight excluding hydrogens is 218 g/mol. The number of ether oxygens (including phenoxy) is 1. The molecule has 0 saturated carbocycles. The van der Waals surface area contributed by atoms with Gasteiger partial charge >= 0.3 is 0 Å². The third-order valence-corrected chi connectivity index (χ3v) is 4.04. The molecule has 2 fully saturated rings. The molecule has 1 N–H and O–H groups in total. The molecule has 0 radical (unpaired) electrons. The van der Waals surface area contributed by atoms with E-state index in [1.165, 1.54) is 0 Å². The van der Waals surface area contributed by atoms with Gasteiger partial charge in [0.25, 0.3) is 0 Å². The Kier molecular flexibility index (Phi) is 2.67. The van der Waals surface area contributed by atoms with Crippen molar-refractivity contribution in [1.82, 2.24) is 15.5 Å². The molecule has 2 aliphatic rings. The predicted molar refractivity (Wildman–Crippen MR) is 61.6 cm³/mol. The fourth-order valence-corrected chi connectivity index (χ4v) is 2.46. The summed E-state index contributed by atoms with van der Waals surface area (Å²) in [5.74, 6) is 2.43. The number of aromatic nitrogens is 2. The smallest absolute Gasteiger partial charge is 0.229 e. The van der Waals surface area contributed by atoms with Gasteiger partial charge in [0.1, 0.15) is 5.60 Å². The van der Waals surface area contributed by atoms with Crippen LogP contribution >= 0.6 is 0 Å². The molecule has 0 spiro atoms. The molecule has 3 rings (SSSR count). The Morgan fingerprint density at radius 2 is 2.29 bits per heavy atom. The maximum atomic E-state index is 5.72. The highest BCUT2D eigenvalue weighted by Gasteiger charge is 2.38. The van der Waals surface area contributed by atoms with Crippen molar-refractivity contribution in [3.05, 3.63) is 11.7 Å². The first kappa shape index (κ1) is 11.2. The quantitative estimate of drug-likeness (QED) is 0.861. The monoisotopic (exact) mass is 237 g/mol. The summed E-state index contributed by atoms with van der Waals surface area (Å²) in [7, 11) is 0. The van der Waals surface area contributed by atoms with Crippen molar-refractivity contribution >= 4 is 0 Å². The highest BCUT2D eigenvalue weighted by atomic mass is 16.5. The minimum absolute atomic E-state index is 0.334. The van der Waals surface area contributed by atoms with Crippen LogP contribution in [-0.2, 0) is 10.3 Å². The summed E-state index contributed by atoms with van der Waals surface area (Å²) in [6.07, 6.45) is 2.05. The summed E-state index contributed by atoms with van der Waals surface area (Å²) >= 11 is 0. The molecule has 5 heteroatoms. The Balaban J connectivity index is 1.77. The second-order valence-electron chi connectivity index (χ2n) is 5.35. The van der Waals surface area contributed by atoms with Crippen LogP contribution in [0.5, 0.6) is 0 Å². The predicted octanol–water partition coefficient (Wildman–Crippen LogP) is 1.42. The van der Waals surface area contributed by atoms with Crippen molar-refractivity contribution in [1.29, 1.82) is 0 Å². The Bertz CT molecular complexity index is 394. The average Bonchev–Trinajstić information content (AvgIpc) is 2.83. The van der Waals surface area contributed by atoms with Crippen LogP contribution in [0.25, 0.3) is 0 Å². The Morgan fingerprint density at radius 3 is 2.88 bits per heavy atom. The van der Waals surface area contributed by atoms with Gasteiger partial charge in [0, 0.05) is 12.5 Å². The van der Waals surface area contributed by atoms with Gasteiger partial charge in [-0.2, -0.15) is 4.98 Å². The van der Waals surface area contributed by atoms with E-state index < -0.39 is 0 Å². The fraction of sp³-hybridized carbons (Fsp3) is 0.833. The van der Waals surface area contributed by atoms with Crippen LogP contribution in [0.3, 0.4) is 0 Å². The lowest BCUT2D eigenvalue weighted by atomic mass is 9.89. The van der Waals surface area contributed by atoms with Crippen molar-refractivity contribution in [2.75, 3.05) is 19.7 Å². The minimum atomic E-state index is -0.334. The summed E-state index contributed by atoms with van der Waals surface area (Å²) < 4.78 is 11.1. The summed E-state index contributed by atoms with van der Waals surface area (Å²) in [4.78, 5) is 4.54. The van der Waals surface area contributed by atoms with Gasteiger partial charge in [-0.05, 0) is 38.8 Å². The zero-order valence-electron chi connectivity index (χ0n) is 10.4. The summed E-state index contributed by atoms with van der Waals surface area (Å²) in [6.45, 7) is 7.09. The van der Waals surface area contributed by atoms with E-state index in [4.69, 9.17) is 9.26 Å². The third kappa shape index (κ3) is 1.87. The van der Waals surface area contributed by atoms with Crippen LogP contribution < -0.4 is 5.32 Å². The molecule has 3 heterocycles. The van der Waals surface area contributed by atoms with Gasteiger partial charge in [-0.3, -0.25) is 0 Å². The number of nitrogens with one attached hydrogen (secondary N) is 1. The summed E-state index contributed by atoms with van der Waals surface area (Å²) in [6, 6.07) is 0. The van der Waals surface area contributed by atoms with E-state index in [0.29, 0.717) is 17.7 Å². The third-order valence-electron chi connectivity index (χ3n) is 4.04. The molecule has 94 valence electrons. The van der Waals surface area contributed by atoms with Crippen LogP contribution in [0.15, 0.2) is 4.52 Å². The molecule has 1 aromatic rings. The maximum absolute atomic E-state index is 5.72. The van der Waals surface area contributed by atoms with Crippen molar-refractivity contribution in [2.24, 2.45) is 5.92 Å². The molecule has 0 aliphatic carbocycles. The summed E-state index contributed by atoms with van der Waals surface area (Å²) in [5, 5.41) is 7.37. The second-order valence-corrected chi connectivity index (χ2v) is 5.35. The highest BCUT2D eigenvalue weighted by Crippen LogP contribution is 2.35. The first-order valence-electron chi connectivity index (χ1n) is 6.38. The molecule has 2 aliphatic heterocycles. The van der Waals surface area contributed by atoms with E-state index in [0.717, 1.165) is 38.4 Å². The zero-order valence-corrected chi connectivity index (χ0v) is 10.4. The molecule has 0 amide bonds. The van der Waals surface area contributed by atoms with E-state index >= 15 is 0 Å². The Morgan fingerprint density at radius 1 is 1.47 bits per heavy atom. The highest BCUT2D eigenvalue weighted by molar-refractivity contribution is 5.05. The Hall–Kier alpha value is -0.940. The minimum Gasteiger partial charge on any atom is -0.367 e. The van der Waals surface area contributed by atoms with Gasteiger partial charge in [0.2, 0.25) is 11.7 Å². The van der Waals surface area contributed by atoms with Gasteiger partial charge in [0.05, 0.1) is 0 Å². The van der Waals surface area contributed by atoms with E-state index in [1.54, 1.807) is 0 Å². The SMILES string of the molecule is CC(c1nc(C2(C)CCCO2)no1)C1CNC1. The zero-order chi connectivity index (χ0) is 11.9. The van der Waals surface area contributed by atoms with E-state index in [9.17, 15) is 0 Å². The molecule has 0 aromatic carbocycles. The van der Waals surface area contributed by atoms with Crippen LogP contribution in [0.4, 0.5) is 0 Å². The fourth-order valence-electron chi connectivity index (χ4n) is 2.46. The molecule has 17 heavy (non-hydrogen) atoms. The van der Waals surface area contributed by atoms with Gasteiger partial charge in [-0.15, -0.1) is 0 Å². The van der Waals surface area contributed by atoms with Crippen molar-refractivity contribution < 1.29 is 9.26 Å². The largest absolute Gasteiger partial charge is 0.367 e. The van der Waals surface area contributed by atoms with Crippen LogP contribution in [0, 0.1) is 5.92 Å². The number of rotatable bonds is 3. The van der Waals surface area contributed by atoms with Gasteiger partial charge in [-0.25, -0.2) is 0 Å². The first-order valence-corrected chi connectivity index (χ1v) is 6.38. The standard InChI is InChI=1S/C12H19N3O2/c1-8(9-6-13-7-9)10-14-11(15-17-10)12(2)4-3-5-16-12/h8-9,13H,3-7H2,1-2H3. The molecule has 2 unspecified atom stereocenters. The lowest BCUT2D eigenvalue weighted by Crippen LogP contribution is -2.44. The van der Waals surface area contributed by atoms with Crippen molar-refractivity contribution in [3.63, 3.8) is 0 Å². The molecular formula is C12H19N3O2. The average molecular weight is 237 g/mol. The lowest BCUT2D eigenvalue weighted by Gasteiger charge is -2.30. The molecule has 5 nitrogen and oxygen atoms in total. The lowest BCUT2D eigenvalue weighted by molar-refractivity contribution is 0.00768. The van der Waals surface area contributed by atoms with Crippen LogP contribution in [0.2, 0.25) is 0 Å². The topological polar surface area (TPSA) is 60.2 Å². The molecule has 0 bridgehead atoms. The Labute approximate surface area is 101 Å². The number of hydrogen-bond donors (Lipinski definition) is 1. The normalized spacial score (nSPS) is 31.4.